The van der Waals surface area contributed by atoms with Crippen LogP contribution in [0.4, 0.5) is 5.69 Å². The molecule has 0 unspecified atom stereocenters. The van der Waals surface area contributed by atoms with Crippen molar-refractivity contribution < 1.29 is 38.1 Å². The van der Waals surface area contributed by atoms with Crippen LogP contribution >= 0.6 is 0 Å². The first-order chi connectivity index (χ1) is 16.3. The molecule has 2 aliphatic heterocycles. The van der Waals surface area contributed by atoms with Crippen LogP contribution in [0.3, 0.4) is 0 Å². The van der Waals surface area contributed by atoms with Crippen LogP contribution in [0.5, 0.6) is 0 Å². The van der Waals surface area contributed by atoms with Crippen molar-refractivity contribution in [2.24, 2.45) is 5.73 Å². The second-order valence-electron chi connectivity index (χ2n) is 7.19. The van der Waals surface area contributed by atoms with Gasteiger partial charge in [-0.2, -0.15) is 5.26 Å². The Bertz CT molecular complexity index is 1160. The Kier molecular flexibility index (Phi) is 6.91. The van der Waals surface area contributed by atoms with Crippen LogP contribution in [0.2, 0.25) is 0 Å². The summed E-state index contributed by atoms with van der Waals surface area (Å²) in [6, 6.07) is 8.19. The smallest absolute Gasteiger partial charge is 0.339 e. The second-order valence-corrected chi connectivity index (χ2v) is 7.19. The highest BCUT2D eigenvalue weighted by Gasteiger charge is 2.62. The van der Waals surface area contributed by atoms with Crippen LogP contribution in [-0.2, 0) is 43.5 Å². The van der Waals surface area contributed by atoms with Crippen molar-refractivity contribution in [2.75, 3.05) is 31.8 Å². The summed E-state index contributed by atoms with van der Waals surface area (Å²) < 4.78 is 20.4. The number of carbonyl (C=O) groups is 4. The zero-order valence-corrected chi connectivity index (χ0v) is 18.9. The molecule has 0 aliphatic carbocycles. The number of ether oxygens (including phenoxy) is 4. The Morgan fingerprint density at radius 3 is 2.44 bits per heavy atom. The van der Waals surface area contributed by atoms with Gasteiger partial charge in [-0.05, 0) is 19.9 Å². The van der Waals surface area contributed by atoms with E-state index in [0.717, 1.165) is 4.90 Å². The molecule has 178 valence electrons. The summed E-state index contributed by atoms with van der Waals surface area (Å²) in [5.41, 5.74) is 3.67. The van der Waals surface area contributed by atoms with Crippen LogP contribution in [0.15, 0.2) is 47.1 Å². The number of methoxy groups -OCH3 is 1. The van der Waals surface area contributed by atoms with Gasteiger partial charge in [-0.15, -0.1) is 0 Å². The molecule has 0 bridgehead atoms. The fourth-order valence-electron chi connectivity index (χ4n) is 4.12. The third-order valence-corrected chi connectivity index (χ3v) is 5.39. The number of benzene rings is 1. The molecule has 0 fully saturated rings. The highest BCUT2D eigenvalue weighted by atomic mass is 16.5. The van der Waals surface area contributed by atoms with E-state index in [0.29, 0.717) is 0 Å². The zero-order chi connectivity index (χ0) is 25.0. The summed E-state index contributed by atoms with van der Waals surface area (Å²) in [4.78, 5) is 52.8. The van der Waals surface area contributed by atoms with E-state index in [4.69, 9.17) is 24.7 Å². The van der Waals surface area contributed by atoms with Crippen molar-refractivity contribution >= 4 is 29.5 Å². The maximum atomic E-state index is 14.0. The fourth-order valence-corrected chi connectivity index (χ4v) is 4.12. The monoisotopic (exact) mass is 469 g/mol. The lowest BCUT2D eigenvalue weighted by molar-refractivity contribution is -0.143. The largest absolute Gasteiger partial charge is 0.468 e. The van der Waals surface area contributed by atoms with Gasteiger partial charge in [-0.1, -0.05) is 18.2 Å². The molecule has 2 aliphatic rings. The molecule has 11 nitrogen and oxygen atoms in total. The van der Waals surface area contributed by atoms with Gasteiger partial charge in [0, 0.05) is 11.3 Å². The van der Waals surface area contributed by atoms with E-state index in [-0.39, 0.29) is 41.4 Å². The first-order valence-electron chi connectivity index (χ1n) is 10.4. The molecule has 0 aromatic heterocycles. The molecule has 1 spiro atoms. The number of fused-ring (bicyclic) bond motifs is 2. The lowest BCUT2D eigenvalue weighted by Gasteiger charge is -2.35. The summed E-state index contributed by atoms with van der Waals surface area (Å²) >= 11 is 0. The van der Waals surface area contributed by atoms with E-state index >= 15 is 0 Å². The summed E-state index contributed by atoms with van der Waals surface area (Å²) in [5, 5.41) is 10.0. The minimum atomic E-state index is -2.10. The van der Waals surface area contributed by atoms with Gasteiger partial charge >= 0.3 is 17.9 Å². The normalized spacial score (nSPS) is 18.9. The van der Waals surface area contributed by atoms with Crippen molar-refractivity contribution in [3.8, 4) is 6.07 Å². The van der Waals surface area contributed by atoms with Gasteiger partial charge in [0.25, 0.3) is 0 Å². The van der Waals surface area contributed by atoms with Gasteiger partial charge in [-0.3, -0.25) is 19.3 Å². The van der Waals surface area contributed by atoms with Crippen molar-refractivity contribution in [2.45, 2.75) is 25.7 Å². The molecule has 1 atom stereocenters. The fraction of sp³-hybridized carbons (Fsp3) is 0.348. The van der Waals surface area contributed by atoms with Crippen LogP contribution in [0.1, 0.15) is 25.8 Å². The molecule has 1 aromatic carbocycles. The molecule has 0 saturated heterocycles. The maximum Gasteiger partial charge on any atom is 0.339 e. The maximum absolute atomic E-state index is 14.0. The molecule has 11 heteroatoms. The second kappa shape index (κ2) is 9.66. The Morgan fingerprint density at radius 1 is 1.15 bits per heavy atom. The van der Waals surface area contributed by atoms with Gasteiger partial charge in [-0.25, -0.2) is 4.79 Å². The van der Waals surface area contributed by atoms with Crippen LogP contribution in [-0.4, -0.2) is 50.7 Å². The van der Waals surface area contributed by atoms with E-state index in [1.54, 1.807) is 32.0 Å². The molecule has 2 heterocycles. The standard InChI is InChI=1S/C23H23N3O8/c1-4-32-17(27)10-16-19(21(29)33-5-2)23(14(11-24)20(25)34-16)13-8-6-7-9-15(13)26(22(23)30)12-18(28)31-3/h6-9H,4-5,10,12,25H2,1-3H3/t23-/m0/s1. The number of anilines is 1. The number of hydrogen-bond acceptors (Lipinski definition) is 10. The number of nitrogens with two attached hydrogens (primary N) is 1. The van der Waals surface area contributed by atoms with Crippen LogP contribution in [0, 0.1) is 11.3 Å². The molecule has 0 radical (unpaired) electrons. The molecular weight excluding hydrogens is 446 g/mol. The quantitative estimate of drug-likeness (QED) is 0.450. The van der Waals surface area contributed by atoms with Gasteiger partial charge in [0.05, 0.1) is 20.3 Å². The summed E-state index contributed by atoms with van der Waals surface area (Å²) in [6.07, 6.45) is -0.546. The number of amides is 1. The van der Waals surface area contributed by atoms with Crippen molar-refractivity contribution in [1.82, 2.24) is 0 Å². The Hall–Kier alpha value is -4.33. The minimum Gasteiger partial charge on any atom is -0.468 e. The third kappa shape index (κ3) is 3.73. The van der Waals surface area contributed by atoms with E-state index in [2.05, 4.69) is 0 Å². The molecular formula is C23H23N3O8. The minimum absolute atomic E-state index is 0.0616. The lowest BCUT2D eigenvalue weighted by atomic mass is 9.68. The summed E-state index contributed by atoms with van der Waals surface area (Å²) in [6.45, 7) is 2.68. The molecule has 1 aromatic rings. The van der Waals surface area contributed by atoms with Crippen molar-refractivity contribution in [1.29, 1.82) is 5.26 Å². The number of esters is 3. The van der Waals surface area contributed by atoms with E-state index in [9.17, 15) is 24.4 Å². The van der Waals surface area contributed by atoms with Gasteiger partial charge in [0.2, 0.25) is 11.8 Å². The summed E-state index contributed by atoms with van der Waals surface area (Å²) in [7, 11) is 1.17. The molecule has 3 rings (SSSR count). The third-order valence-electron chi connectivity index (χ3n) is 5.39. The van der Waals surface area contributed by atoms with Gasteiger partial charge in [0.1, 0.15) is 35.9 Å². The predicted octanol–water partition coefficient (Wildman–Crippen LogP) is 0.938. The number of rotatable bonds is 7. The Morgan fingerprint density at radius 2 is 1.82 bits per heavy atom. The first kappa shape index (κ1) is 24.3. The van der Waals surface area contributed by atoms with Crippen molar-refractivity contribution in [3.05, 3.63) is 52.6 Å². The number of hydrogen-bond donors (Lipinski definition) is 1. The highest BCUT2D eigenvalue weighted by Crippen LogP contribution is 2.54. The molecule has 34 heavy (non-hydrogen) atoms. The summed E-state index contributed by atoms with van der Waals surface area (Å²) in [5.74, 6) is -4.00. The molecule has 0 saturated carbocycles. The number of carbonyl (C=O) groups excluding carboxylic acids is 4. The number of nitrogens with zero attached hydrogens (tertiary/aromatic N) is 2. The Labute approximate surface area is 195 Å². The Balaban J connectivity index is 2.38. The van der Waals surface area contributed by atoms with E-state index in [1.165, 1.54) is 13.2 Å². The van der Waals surface area contributed by atoms with Crippen LogP contribution in [0.25, 0.3) is 0 Å². The van der Waals surface area contributed by atoms with E-state index < -0.39 is 48.1 Å². The number of nitriles is 1. The predicted molar refractivity (Wildman–Crippen MR) is 115 cm³/mol. The average Bonchev–Trinajstić information content (AvgIpc) is 3.03. The van der Waals surface area contributed by atoms with Crippen molar-refractivity contribution in [3.63, 3.8) is 0 Å². The van der Waals surface area contributed by atoms with E-state index in [1.807, 2.05) is 6.07 Å². The van der Waals surface area contributed by atoms with Gasteiger partial charge in [0.15, 0.2) is 5.41 Å². The first-order valence-corrected chi connectivity index (χ1v) is 10.4. The zero-order valence-electron chi connectivity index (χ0n) is 18.9. The SMILES string of the molecule is CCOC(=O)CC1=C(C(=O)OCC)[C@@]2(C(=O)N(CC(=O)OC)c3ccccc32)C(C#N)=C(N)O1. The average molecular weight is 469 g/mol. The lowest BCUT2D eigenvalue weighted by Crippen LogP contribution is -2.49. The molecule has 2 N–H and O–H groups in total. The highest BCUT2D eigenvalue weighted by molar-refractivity contribution is 6.19. The molecule has 1 amide bonds. The van der Waals surface area contributed by atoms with Crippen LogP contribution < -0.4 is 10.6 Å². The number of para-hydroxylation sites is 1. The topological polar surface area (TPSA) is 158 Å². The van der Waals surface area contributed by atoms with Gasteiger partial charge < -0.3 is 24.7 Å².